The van der Waals surface area contributed by atoms with Gasteiger partial charge < -0.3 is 0 Å². The Hall–Kier alpha value is -1.49. The molecule has 0 amide bonds. The number of rotatable bonds is 2. The van der Waals surface area contributed by atoms with Crippen molar-refractivity contribution in [2.24, 2.45) is 5.10 Å². The van der Waals surface area contributed by atoms with Gasteiger partial charge in [-0.25, -0.2) is 4.68 Å². The van der Waals surface area contributed by atoms with Gasteiger partial charge in [0.1, 0.15) is 12.7 Å². The minimum atomic E-state index is 1.13. The third-order valence-corrected chi connectivity index (χ3v) is 2.42. The Labute approximate surface area is 79.6 Å². The average molecular weight is 192 g/mol. The van der Waals surface area contributed by atoms with Crippen LogP contribution in [0.5, 0.6) is 0 Å². The van der Waals surface area contributed by atoms with Crippen molar-refractivity contribution in [2.45, 2.75) is 6.92 Å². The van der Waals surface area contributed by atoms with Gasteiger partial charge in [0.2, 0.25) is 0 Å². The highest BCUT2D eigenvalue weighted by molar-refractivity contribution is 7.13. The molecule has 2 heterocycles. The fraction of sp³-hybridized carbons (Fsp3) is 0.125. The molecule has 0 radical (unpaired) electrons. The summed E-state index contributed by atoms with van der Waals surface area (Å²) in [7, 11) is 0. The van der Waals surface area contributed by atoms with E-state index in [9.17, 15) is 0 Å². The smallest absolute Gasteiger partial charge is 0.141 e. The quantitative estimate of drug-likeness (QED) is 0.677. The second kappa shape index (κ2) is 3.49. The zero-order valence-electron chi connectivity index (χ0n) is 7.08. The van der Waals surface area contributed by atoms with Crippen molar-refractivity contribution in [3.8, 4) is 0 Å². The van der Waals surface area contributed by atoms with Gasteiger partial charge in [-0.1, -0.05) is 0 Å². The minimum Gasteiger partial charge on any atom is -0.208 e. The summed E-state index contributed by atoms with van der Waals surface area (Å²) < 4.78 is 1.56. The predicted molar refractivity (Wildman–Crippen MR) is 52.1 cm³/mol. The van der Waals surface area contributed by atoms with E-state index < -0.39 is 0 Å². The van der Waals surface area contributed by atoms with Crippen LogP contribution in [0.15, 0.2) is 29.9 Å². The summed E-state index contributed by atoms with van der Waals surface area (Å²) in [4.78, 5) is 2.41. The third-order valence-electron chi connectivity index (χ3n) is 1.49. The number of nitrogens with zero attached hydrogens (tertiary/aromatic N) is 4. The molecule has 0 bridgehead atoms. The van der Waals surface area contributed by atoms with E-state index in [0.29, 0.717) is 0 Å². The number of hydrogen-bond acceptors (Lipinski definition) is 4. The maximum absolute atomic E-state index is 4.13. The molecule has 0 atom stereocenters. The lowest BCUT2D eigenvalue weighted by molar-refractivity contribution is 0.879. The monoisotopic (exact) mass is 192 g/mol. The Balaban J connectivity index is 2.14. The summed E-state index contributed by atoms with van der Waals surface area (Å²) in [6, 6.07) is 4.10. The van der Waals surface area contributed by atoms with Crippen LogP contribution in [-0.4, -0.2) is 21.1 Å². The van der Waals surface area contributed by atoms with E-state index in [2.05, 4.69) is 28.3 Å². The summed E-state index contributed by atoms with van der Waals surface area (Å²) in [5.74, 6) is 0. The molecular weight excluding hydrogens is 184 g/mol. The number of thiophene rings is 1. The van der Waals surface area contributed by atoms with E-state index in [1.165, 1.54) is 4.88 Å². The minimum absolute atomic E-state index is 1.13. The van der Waals surface area contributed by atoms with Crippen molar-refractivity contribution in [1.29, 1.82) is 0 Å². The molecule has 0 aliphatic heterocycles. The first-order chi connectivity index (χ1) is 6.34. The highest BCUT2D eigenvalue weighted by atomic mass is 32.1. The zero-order valence-corrected chi connectivity index (χ0v) is 7.90. The lowest BCUT2D eigenvalue weighted by atomic mass is 10.4. The van der Waals surface area contributed by atoms with Gasteiger partial charge in [0.05, 0.1) is 6.21 Å². The number of aryl methyl sites for hydroxylation is 1. The van der Waals surface area contributed by atoms with Crippen LogP contribution in [0.25, 0.3) is 0 Å². The van der Waals surface area contributed by atoms with Gasteiger partial charge in [-0.15, -0.1) is 21.5 Å². The van der Waals surface area contributed by atoms with E-state index in [4.69, 9.17) is 0 Å². The summed E-state index contributed by atoms with van der Waals surface area (Å²) in [6.07, 6.45) is 4.90. The predicted octanol–water partition coefficient (Wildman–Crippen LogP) is 1.53. The maximum atomic E-state index is 4.13. The van der Waals surface area contributed by atoms with Gasteiger partial charge >= 0.3 is 0 Å². The normalized spacial score (nSPS) is 11.2. The lowest BCUT2D eigenvalue weighted by Crippen LogP contribution is -1.83. The first kappa shape index (κ1) is 8.12. The van der Waals surface area contributed by atoms with Gasteiger partial charge in [-0.3, -0.25) is 0 Å². The average Bonchev–Trinajstić information content (AvgIpc) is 2.71. The molecule has 13 heavy (non-hydrogen) atoms. The van der Waals surface area contributed by atoms with E-state index in [0.717, 1.165) is 4.88 Å². The molecule has 2 rings (SSSR count). The van der Waals surface area contributed by atoms with Gasteiger partial charge in [0.25, 0.3) is 0 Å². The van der Waals surface area contributed by atoms with Crippen LogP contribution in [0.4, 0.5) is 0 Å². The molecule has 0 saturated carbocycles. The van der Waals surface area contributed by atoms with Crippen LogP contribution >= 0.6 is 11.3 Å². The Bertz CT molecular complexity index is 401. The highest BCUT2D eigenvalue weighted by Crippen LogP contribution is 2.12. The summed E-state index contributed by atoms with van der Waals surface area (Å²) in [5, 5.41) is 11.4. The Morgan fingerprint density at radius 2 is 2.15 bits per heavy atom. The molecule has 4 nitrogen and oxygen atoms in total. The molecule has 0 aromatic carbocycles. The fourth-order valence-electron chi connectivity index (χ4n) is 0.901. The molecule has 66 valence electrons. The third kappa shape index (κ3) is 2.00. The first-order valence-electron chi connectivity index (χ1n) is 3.80. The van der Waals surface area contributed by atoms with Crippen LogP contribution in [0.3, 0.4) is 0 Å². The van der Waals surface area contributed by atoms with Gasteiger partial charge in [-0.05, 0) is 19.1 Å². The van der Waals surface area contributed by atoms with Crippen molar-refractivity contribution < 1.29 is 0 Å². The molecule has 0 unspecified atom stereocenters. The summed E-state index contributed by atoms with van der Waals surface area (Å²) in [5.41, 5.74) is 0. The molecule has 0 saturated heterocycles. The molecule has 0 aliphatic carbocycles. The highest BCUT2D eigenvalue weighted by Gasteiger charge is 1.91. The van der Waals surface area contributed by atoms with Crippen LogP contribution in [-0.2, 0) is 0 Å². The van der Waals surface area contributed by atoms with Gasteiger partial charge in [0.15, 0.2) is 0 Å². The van der Waals surface area contributed by atoms with Crippen molar-refractivity contribution in [1.82, 2.24) is 14.9 Å². The van der Waals surface area contributed by atoms with E-state index in [-0.39, 0.29) is 0 Å². The first-order valence-corrected chi connectivity index (χ1v) is 4.62. The van der Waals surface area contributed by atoms with Crippen molar-refractivity contribution >= 4 is 17.6 Å². The van der Waals surface area contributed by atoms with Crippen LogP contribution in [0.1, 0.15) is 9.75 Å². The van der Waals surface area contributed by atoms with Gasteiger partial charge in [-0.2, -0.15) is 5.10 Å². The van der Waals surface area contributed by atoms with Crippen LogP contribution in [0, 0.1) is 6.92 Å². The molecular formula is C8H8N4S. The SMILES string of the molecule is Cc1ccc(/C=N/n2cnnc2)s1. The molecule has 0 spiro atoms. The largest absolute Gasteiger partial charge is 0.208 e. The molecule has 2 aromatic rings. The zero-order chi connectivity index (χ0) is 9.10. The van der Waals surface area contributed by atoms with E-state index in [1.54, 1.807) is 34.9 Å². The maximum Gasteiger partial charge on any atom is 0.141 e. The standard InChI is InChI=1S/C8H8N4S/c1-7-2-3-8(13-7)4-11-12-5-9-10-6-12/h2-6H,1H3/b11-4+. The second-order valence-corrected chi connectivity index (χ2v) is 3.85. The van der Waals surface area contributed by atoms with Crippen molar-refractivity contribution in [2.75, 3.05) is 0 Å². The van der Waals surface area contributed by atoms with Gasteiger partial charge in [0, 0.05) is 9.75 Å². The topological polar surface area (TPSA) is 43.1 Å². The molecule has 0 fully saturated rings. The lowest BCUT2D eigenvalue weighted by Gasteiger charge is -1.86. The molecule has 0 aliphatic rings. The molecule has 2 aromatic heterocycles. The molecule has 5 heteroatoms. The summed E-state index contributed by atoms with van der Waals surface area (Å²) in [6.45, 7) is 2.07. The Kier molecular flexibility index (Phi) is 2.18. The van der Waals surface area contributed by atoms with Crippen LogP contribution in [0.2, 0.25) is 0 Å². The van der Waals surface area contributed by atoms with E-state index in [1.807, 2.05) is 6.07 Å². The van der Waals surface area contributed by atoms with E-state index >= 15 is 0 Å². The number of hydrogen-bond donors (Lipinski definition) is 0. The second-order valence-electron chi connectivity index (χ2n) is 2.53. The molecule has 0 N–H and O–H groups in total. The van der Waals surface area contributed by atoms with Crippen molar-refractivity contribution in [3.63, 3.8) is 0 Å². The number of aromatic nitrogens is 3. The Morgan fingerprint density at radius 1 is 1.38 bits per heavy atom. The van der Waals surface area contributed by atoms with Crippen molar-refractivity contribution in [3.05, 3.63) is 34.5 Å². The summed E-state index contributed by atoms with van der Waals surface area (Å²) >= 11 is 1.71. The van der Waals surface area contributed by atoms with Crippen LogP contribution < -0.4 is 0 Å². The fourth-order valence-corrected chi connectivity index (χ4v) is 1.65. The Morgan fingerprint density at radius 3 is 2.77 bits per heavy atom.